The normalized spacial score (nSPS) is 14.9. The molecule has 1 aromatic rings. The van der Waals surface area contributed by atoms with Gasteiger partial charge in [0.15, 0.2) is 0 Å². The molecule has 0 fully saturated rings. The molecule has 1 aliphatic heterocycles. The van der Waals surface area contributed by atoms with Crippen molar-refractivity contribution in [3.8, 4) is 0 Å². The van der Waals surface area contributed by atoms with Crippen LogP contribution in [0, 0.1) is 0 Å². The number of unbranched alkanes of at least 4 members (excludes halogenated alkanes) is 1. The predicted octanol–water partition coefficient (Wildman–Crippen LogP) is 2.14. The molecule has 0 unspecified atom stereocenters. The summed E-state index contributed by atoms with van der Waals surface area (Å²) >= 11 is 5.91. The summed E-state index contributed by atoms with van der Waals surface area (Å²) in [5, 5.41) is 9.73. The molecule has 5 nitrogen and oxygen atoms in total. The van der Waals surface area contributed by atoms with Crippen LogP contribution in [-0.2, 0) is 9.59 Å². The smallest absolute Gasteiger partial charge is 0.277 e. The van der Waals surface area contributed by atoms with Crippen molar-refractivity contribution in [3.63, 3.8) is 0 Å². The molecule has 1 aliphatic rings. The standard InChI is InChI=1S/C17H21ClN2O3/c1-3-4-9-20-16(22)14(12-5-7-13(18)8-6-12)15(17(20)23)19(2)10-11-21/h5-8,21H,3-4,9-11H2,1-2H3. The Morgan fingerprint density at radius 2 is 1.83 bits per heavy atom. The number of imide groups is 1. The molecule has 124 valence electrons. The minimum absolute atomic E-state index is 0.0929. The number of nitrogens with zero attached hydrogens (tertiary/aromatic N) is 2. The Hall–Kier alpha value is -1.85. The van der Waals surface area contributed by atoms with Gasteiger partial charge in [-0.3, -0.25) is 14.5 Å². The molecule has 1 aromatic carbocycles. The van der Waals surface area contributed by atoms with E-state index in [1.807, 2.05) is 6.92 Å². The molecule has 1 heterocycles. The topological polar surface area (TPSA) is 60.9 Å². The molecule has 2 amide bonds. The average molecular weight is 337 g/mol. The quantitative estimate of drug-likeness (QED) is 0.775. The molecule has 0 saturated heterocycles. The van der Waals surface area contributed by atoms with E-state index in [2.05, 4.69) is 0 Å². The zero-order valence-electron chi connectivity index (χ0n) is 13.4. The fourth-order valence-electron chi connectivity index (χ4n) is 2.58. The molecule has 0 spiro atoms. The van der Waals surface area contributed by atoms with Gasteiger partial charge in [-0.25, -0.2) is 0 Å². The van der Waals surface area contributed by atoms with Crippen LogP contribution in [0.4, 0.5) is 0 Å². The van der Waals surface area contributed by atoms with E-state index in [0.717, 1.165) is 12.8 Å². The van der Waals surface area contributed by atoms with Crippen LogP contribution in [-0.4, -0.2) is 53.5 Å². The third-order valence-corrected chi connectivity index (χ3v) is 4.08. The Bertz CT molecular complexity index is 625. The molecular formula is C17H21ClN2O3. The second-order valence-electron chi connectivity index (χ2n) is 5.49. The van der Waals surface area contributed by atoms with Crippen LogP contribution in [0.2, 0.25) is 5.02 Å². The van der Waals surface area contributed by atoms with E-state index in [1.165, 1.54) is 4.90 Å². The SMILES string of the molecule is CCCCN1C(=O)C(c2ccc(Cl)cc2)=C(N(C)CCO)C1=O. The number of aliphatic hydroxyl groups is 1. The van der Waals surface area contributed by atoms with E-state index in [9.17, 15) is 9.59 Å². The van der Waals surface area contributed by atoms with Gasteiger partial charge in [0, 0.05) is 25.2 Å². The van der Waals surface area contributed by atoms with E-state index in [0.29, 0.717) is 28.4 Å². The number of halogens is 1. The van der Waals surface area contributed by atoms with Gasteiger partial charge in [-0.15, -0.1) is 0 Å². The largest absolute Gasteiger partial charge is 0.395 e. The monoisotopic (exact) mass is 336 g/mol. The highest BCUT2D eigenvalue weighted by molar-refractivity contribution is 6.36. The molecule has 0 atom stereocenters. The molecular weight excluding hydrogens is 316 g/mol. The second kappa shape index (κ2) is 7.62. The first-order chi connectivity index (χ1) is 11.0. The van der Waals surface area contributed by atoms with E-state index in [-0.39, 0.29) is 25.0 Å². The lowest BCUT2D eigenvalue weighted by molar-refractivity contribution is -0.137. The third-order valence-electron chi connectivity index (χ3n) is 3.83. The number of amides is 2. The first-order valence-electron chi connectivity index (χ1n) is 7.69. The van der Waals surface area contributed by atoms with Crippen LogP contribution in [0.1, 0.15) is 25.3 Å². The Morgan fingerprint density at radius 3 is 2.39 bits per heavy atom. The summed E-state index contributed by atoms with van der Waals surface area (Å²) in [7, 11) is 1.70. The third kappa shape index (κ3) is 3.57. The Balaban J connectivity index is 2.46. The Kier molecular flexibility index (Phi) is 5.80. The zero-order chi connectivity index (χ0) is 17.0. The molecule has 0 aromatic heterocycles. The van der Waals surface area contributed by atoms with Gasteiger partial charge in [-0.1, -0.05) is 37.1 Å². The molecule has 2 rings (SSSR count). The molecule has 1 N–H and O–H groups in total. The number of rotatable bonds is 7. The molecule has 0 bridgehead atoms. The molecule has 6 heteroatoms. The van der Waals surface area contributed by atoms with Crippen LogP contribution in [0.15, 0.2) is 30.0 Å². The Labute approximate surface area is 141 Å². The zero-order valence-corrected chi connectivity index (χ0v) is 14.1. The lowest BCUT2D eigenvalue weighted by atomic mass is 10.0. The van der Waals surface area contributed by atoms with E-state index in [4.69, 9.17) is 16.7 Å². The van der Waals surface area contributed by atoms with E-state index >= 15 is 0 Å². The van der Waals surface area contributed by atoms with E-state index < -0.39 is 0 Å². The van der Waals surface area contributed by atoms with Crippen molar-refractivity contribution in [3.05, 3.63) is 40.5 Å². The highest BCUT2D eigenvalue weighted by Gasteiger charge is 2.40. The number of hydrogen-bond donors (Lipinski definition) is 1. The lowest BCUT2D eigenvalue weighted by Gasteiger charge is -2.20. The van der Waals surface area contributed by atoms with Gasteiger partial charge < -0.3 is 10.0 Å². The number of carbonyl (C=O) groups is 2. The van der Waals surface area contributed by atoms with Gasteiger partial charge in [-0.2, -0.15) is 0 Å². The van der Waals surface area contributed by atoms with Crippen LogP contribution >= 0.6 is 11.6 Å². The van der Waals surface area contributed by atoms with Crippen molar-refractivity contribution in [2.24, 2.45) is 0 Å². The average Bonchev–Trinajstić information content (AvgIpc) is 2.77. The van der Waals surface area contributed by atoms with Crippen molar-refractivity contribution in [2.75, 3.05) is 26.7 Å². The molecule has 0 saturated carbocycles. The van der Waals surface area contributed by atoms with Crippen LogP contribution in [0.3, 0.4) is 0 Å². The summed E-state index contributed by atoms with van der Waals surface area (Å²) in [6.07, 6.45) is 1.66. The van der Waals surface area contributed by atoms with Crippen LogP contribution in [0.5, 0.6) is 0 Å². The molecule has 0 aliphatic carbocycles. The maximum absolute atomic E-state index is 12.8. The minimum Gasteiger partial charge on any atom is -0.395 e. The number of likely N-dealkylation sites (N-methyl/N-ethyl adjacent to an activating group) is 1. The maximum atomic E-state index is 12.8. The van der Waals surface area contributed by atoms with Gasteiger partial charge in [0.25, 0.3) is 11.8 Å². The number of aliphatic hydroxyl groups excluding tert-OH is 1. The van der Waals surface area contributed by atoms with Gasteiger partial charge in [-0.05, 0) is 24.1 Å². The molecule has 0 radical (unpaired) electrons. The lowest BCUT2D eigenvalue weighted by Crippen LogP contribution is -2.35. The first-order valence-corrected chi connectivity index (χ1v) is 8.07. The minimum atomic E-state index is -0.302. The highest BCUT2D eigenvalue weighted by atomic mass is 35.5. The summed E-state index contributed by atoms with van der Waals surface area (Å²) in [5.74, 6) is -0.588. The van der Waals surface area contributed by atoms with Gasteiger partial charge >= 0.3 is 0 Å². The fraction of sp³-hybridized carbons (Fsp3) is 0.412. The van der Waals surface area contributed by atoms with Crippen LogP contribution < -0.4 is 0 Å². The summed E-state index contributed by atoms with van der Waals surface area (Å²) in [5.41, 5.74) is 1.37. The second-order valence-corrected chi connectivity index (χ2v) is 5.93. The number of carbonyl (C=O) groups excluding carboxylic acids is 2. The van der Waals surface area contributed by atoms with Gasteiger partial charge in [0.2, 0.25) is 0 Å². The van der Waals surface area contributed by atoms with Crippen molar-refractivity contribution in [1.29, 1.82) is 0 Å². The van der Waals surface area contributed by atoms with Crippen molar-refractivity contribution in [1.82, 2.24) is 9.80 Å². The van der Waals surface area contributed by atoms with Gasteiger partial charge in [0.05, 0.1) is 12.2 Å². The Morgan fingerprint density at radius 1 is 1.17 bits per heavy atom. The summed E-state index contributed by atoms with van der Waals surface area (Å²) in [4.78, 5) is 28.4. The first kappa shape index (κ1) is 17.5. The summed E-state index contributed by atoms with van der Waals surface area (Å²) in [6.45, 7) is 2.61. The number of hydrogen-bond acceptors (Lipinski definition) is 4. The van der Waals surface area contributed by atoms with Crippen LogP contribution in [0.25, 0.3) is 5.57 Å². The maximum Gasteiger partial charge on any atom is 0.277 e. The summed E-state index contributed by atoms with van der Waals surface area (Å²) < 4.78 is 0. The van der Waals surface area contributed by atoms with Crippen molar-refractivity contribution in [2.45, 2.75) is 19.8 Å². The molecule has 23 heavy (non-hydrogen) atoms. The van der Waals surface area contributed by atoms with Gasteiger partial charge in [0.1, 0.15) is 5.70 Å². The summed E-state index contributed by atoms with van der Waals surface area (Å²) in [6, 6.07) is 6.86. The van der Waals surface area contributed by atoms with Crippen molar-refractivity contribution >= 4 is 29.0 Å². The fourth-order valence-corrected chi connectivity index (χ4v) is 2.70. The highest BCUT2D eigenvalue weighted by Crippen LogP contribution is 2.31. The van der Waals surface area contributed by atoms with Crippen molar-refractivity contribution < 1.29 is 14.7 Å². The number of benzene rings is 1. The van der Waals surface area contributed by atoms with E-state index in [1.54, 1.807) is 36.2 Å². The predicted molar refractivity (Wildman–Crippen MR) is 89.7 cm³/mol.